The number of hydrogen-bond donors (Lipinski definition) is 1. The predicted molar refractivity (Wildman–Crippen MR) is 64.4 cm³/mol. The zero-order chi connectivity index (χ0) is 11.4. The van der Waals surface area contributed by atoms with Gasteiger partial charge in [-0.1, -0.05) is 29.8 Å². The number of pyridine rings is 1. The Hall–Kier alpha value is -1.87. The van der Waals surface area contributed by atoms with E-state index in [1.54, 1.807) is 18.5 Å². The third kappa shape index (κ3) is 2.04. The lowest BCUT2D eigenvalue weighted by Gasteiger charge is -2.08. The molecule has 3 nitrogen and oxygen atoms in total. The number of carbonyl (C=O) groups is 1. The smallest absolute Gasteiger partial charge is 0.211 e. The number of rotatable bonds is 3. The number of halogens is 1. The van der Waals surface area contributed by atoms with E-state index in [0.717, 1.165) is 11.1 Å². The summed E-state index contributed by atoms with van der Waals surface area (Å²) in [5, 5.41) is 3.24. The minimum absolute atomic E-state index is 0.607. The van der Waals surface area contributed by atoms with Gasteiger partial charge in [-0.25, -0.2) is 0 Å². The lowest BCUT2D eigenvalue weighted by molar-refractivity contribution is -0.105. The Kier molecular flexibility index (Phi) is 3.17. The van der Waals surface area contributed by atoms with E-state index in [2.05, 4.69) is 10.3 Å². The summed E-state index contributed by atoms with van der Waals surface area (Å²) >= 11 is 6.07. The lowest BCUT2D eigenvalue weighted by atomic mass is 10.1. The van der Waals surface area contributed by atoms with Crippen LogP contribution in [0.3, 0.4) is 0 Å². The molecule has 0 bridgehead atoms. The molecule has 80 valence electrons. The van der Waals surface area contributed by atoms with Crippen LogP contribution in [-0.4, -0.2) is 11.4 Å². The fourth-order valence-electron chi connectivity index (χ4n) is 1.48. The molecule has 1 heterocycles. The maximum Gasteiger partial charge on any atom is 0.211 e. The van der Waals surface area contributed by atoms with Crippen molar-refractivity contribution in [1.29, 1.82) is 0 Å². The number of nitrogens with one attached hydrogen (secondary N) is 1. The molecule has 0 saturated heterocycles. The van der Waals surface area contributed by atoms with Crippen molar-refractivity contribution in [2.45, 2.75) is 0 Å². The first-order valence-corrected chi connectivity index (χ1v) is 5.10. The molecule has 1 aromatic heterocycles. The third-order valence-corrected chi connectivity index (χ3v) is 2.53. The average molecular weight is 233 g/mol. The second-order valence-electron chi connectivity index (χ2n) is 3.16. The molecule has 0 aliphatic rings. The van der Waals surface area contributed by atoms with Crippen LogP contribution in [0.15, 0.2) is 42.7 Å². The molecule has 0 aliphatic heterocycles. The van der Waals surface area contributed by atoms with Crippen molar-refractivity contribution >= 4 is 23.7 Å². The van der Waals surface area contributed by atoms with Crippen molar-refractivity contribution in [3.05, 3.63) is 47.7 Å². The highest BCUT2D eigenvalue weighted by Crippen LogP contribution is 2.31. The van der Waals surface area contributed by atoms with Crippen LogP contribution in [0.5, 0.6) is 0 Å². The molecule has 1 amide bonds. The monoisotopic (exact) mass is 232 g/mol. The first-order valence-electron chi connectivity index (χ1n) is 4.72. The number of aromatic nitrogens is 1. The van der Waals surface area contributed by atoms with Crippen LogP contribution in [0.1, 0.15) is 0 Å². The van der Waals surface area contributed by atoms with E-state index in [1.807, 2.05) is 24.3 Å². The normalized spacial score (nSPS) is 9.81. The van der Waals surface area contributed by atoms with Crippen LogP contribution in [0.4, 0.5) is 5.69 Å². The van der Waals surface area contributed by atoms with Gasteiger partial charge in [-0.2, -0.15) is 0 Å². The molecule has 2 aromatic rings. The van der Waals surface area contributed by atoms with E-state index in [4.69, 9.17) is 11.6 Å². The van der Waals surface area contributed by atoms with Crippen molar-refractivity contribution in [2.75, 3.05) is 5.32 Å². The molecular formula is C12H9ClN2O. The summed E-state index contributed by atoms with van der Waals surface area (Å²) in [6.45, 7) is 0. The van der Waals surface area contributed by atoms with E-state index in [-0.39, 0.29) is 0 Å². The minimum Gasteiger partial charge on any atom is -0.328 e. The van der Waals surface area contributed by atoms with Gasteiger partial charge in [0, 0.05) is 29.2 Å². The summed E-state index contributed by atoms with van der Waals surface area (Å²) in [5.41, 5.74) is 2.37. The topological polar surface area (TPSA) is 42.0 Å². The van der Waals surface area contributed by atoms with Crippen LogP contribution >= 0.6 is 11.6 Å². The maximum atomic E-state index is 10.5. The van der Waals surface area contributed by atoms with Crippen molar-refractivity contribution in [1.82, 2.24) is 4.98 Å². The van der Waals surface area contributed by atoms with Gasteiger partial charge in [0.1, 0.15) is 0 Å². The molecular weight excluding hydrogens is 224 g/mol. The van der Waals surface area contributed by atoms with Crippen LogP contribution in [-0.2, 0) is 4.79 Å². The Balaban J connectivity index is 2.55. The van der Waals surface area contributed by atoms with Gasteiger partial charge in [-0.3, -0.25) is 9.78 Å². The highest BCUT2D eigenvalue weighted by molar-refractivity contribution is 6.33. The number of benzene rings is 1. The fraction of sp³-hybridized carbons (Fsp3) is 0. The molecule has 0 aliphatic carbocycles. The van der Waals surface area contributed by atoms with Crippen molar-refractivity contribution in [3.63, 3.8) is 0 Å². The summed E-state index contributed by atoms with van der Waals surface area (Å²) in [5.74, 6) is 0. The SMILES string of the molecule is O=CNc1ccccc1-c1cnccc1Cl. The van der Waals surface area contributed by atoms with Crippen molar-refractivity contribution < 1.29 is 4.79 Å². The molecule has 0 unspecified atom stereocenters. The number of amides is 1. The van der Waals surface area contributed by atoms with Gasteiger partial charge < -0.3 is 5.32 Å². The Labute approximate surface area is 98.1 Å². The summed E-state index contributed by atoms with van der Waals surface area (Å²) in [7, 11) is 0. The zero-order valence-electron chi connectivity index (χ0n) is 8.35. The van der Waals surface area contributed by atoms with Crippen LogP contribution in [0, 0.1) is 0 Å². The fourth-order valence-corrected chi connectivity index (χ4v) is 1.69. The van der Waals surface area contributed by atoms with Crippen LogP contribution in [0.25, 0.3) is 11.1 Å². The molecule has 0 spiro atoms. The van der Waals surface area contributed by atoms with E-state index >= 15 is 0 Å². The maximum absolute atomic E-state index is 10.5. The van der Waals surface area contributed by atoms with Crippen LogP contribution in [0.2, 0.25) is 5.02 Å². The third-order valence-electron chi connectivity index (χ3n) is 2.20. The molecule has 1 N–H and O–H groups in total. The van der Waals surface area contributed by atoms with Crippen molar-refractivity contribution in [2.24, 2.45) is 0 Å². The Morgan fingerprint density at radius 1 is 1.19 bits per heavy atom. The summed E-state index contributed by atoms with van der Waals surface area (Å²) < 4.78 is 0. The molecule has 0 saturated carbocycles. The van der Waals surface area contributed by atoms with E-state index < -0.39 is 0 Å². The quantitative estimate of drug-likeness (QED) is 0.827. The first-order chi connectivity index (χ1) is 7.83. The van der Waals surface area contributed by atoms with Gasteiger partial charge in [0.05, 0.1) is 5.02 Å². The Bertz CT molecular complexity index is 514. The molecule has 4 heteroatoms. The predicted octanol–water partition coefficient (Wildman–Crippen LogP) is 2.97. The summed E-state index contributed by atoms with van der Waals surface area (Å²) in [6, 6.07) is 9.14. The van der Waals surface area contributed by atoms with Gasteiger partial charge in [-0.05, 0) is 12.1 Å². The van der Waals surface area contributed by atoms with E-state index in [0.29, 0.717) is 17.1 Å². The first kappa shape index (κ1) is 10.6. The number of nitrogens with zero attached hydrogens (tertiary/aromatic N) is 1. The van der Waals surface area contributed by atoms with Crippen molar-refractivity contribution in [3.8, 4) is 11.1 Å². The zero-order valence-corrected chi connectivity index (χ0v) is 9.11. The average Bonchev–Trinajstić information content (AvgIpc) is 2.31. The summed E-state index contributed by atoms with van der Waals surface area (Å²) in [4.78, 5) is 14.5. The number of hydrogen-bond acceptors (Lipinski definition) is 2. The van der Waals surface area contributed by atoms with Crippen LogP contribution < -0.4 is 5.32 Å². The molecule has 1 aromatic carbocycles. The standard InChI is InChI=1S/C12H9ClN2O/c13-11-5-6-14-7-10(11)9-3-1-2-4-12(9)15-8-16/h1-8H,(H,15,16). The number of anilines is 1. The van der Waals surface area contributed by atoms with Gasteiger partial charge in [-0.15, -0.1) is 0 Å². The second kappa shape index (κ2) is 4.77. The van der Waals surface area contributed by atoms with Gasteiger partial charge in [0.2, 0.25) is 6.41 Å². The molecule has 2 rings (SSSR count). The molecule has 0 radical (unpaired) electrons. The second-order valence-corrected chi connectivity index (χ2v) is 3.57. The highest BCUT2D eigenvalue weighted by Gasteiger charge is 2.07. The van der Waals surface area contributed by atoms with E-state index in [9.17, 15) is 4.79 Å². The molecule has 0 atom stereocenters. The molecule has 0 fully saturated rings. The summed E-state index contributed by atoms with van der Waals surface area (Å²) in [6.07, 6.45) is 3.94. The van der Waals surface area contributed by atoms with Gasteiger partial charge in [0.25, 0.3) is 0 Å². The van der Waals surface area contributed by atoms with Gasteiger partial charge in [0.15, 0.2) is 0 Å². The lowest BCUT2D eigenvalue weighted by Crippen LogP contribution is -1.96. The number of carbonyl (C=O) groups excluding carboxylic acids is 1. The molecule has 16 heavy (non-hydrogen) atoms. The highest BCUT2D eigenvalue weighted by atomic mass is 35.5. The Morgan fingerprint density at radius 3 is 2.75 bits per heavy atom. The largest absolute Gasteiger partial charge is 0.328 e. The Morgan fingerprint density at radius 2 is 2.00 bits per heavy atom. The minimum atomic E-state index is 0.607. The van der Waals surface area contributed by atoms with Gasteiger partial charge >= 0.3 is 0 Å². The number of para-hydroxylation sites is 1. The van der Waals surface area contributed by atoms with E-state index in [1.165, 1.54) is 0 Å².